The van der Waals surface area contributed by atoms with Gasteiger partial charge in [0.25, 0.3) is 0 Å². The summed E-state index contributed by atoms with van der Waals surface area (Å²) in [6.07, 6.45) is 0. The minimum absolute atomic E-state index is 0.0230. The normalized spacial score (nSPS) is 10.2. The number of hydrogen-bond acceptors (Lipinski definition) is 3. The Morgan fingerprint density at radius 2 is 1.79 bits per heavy atom. The lowest BCUT2D eigenvalue weighted by molar-refractivity contribution is 0.0694. The molecule has 0 bridgehead atoms. The first kappa shape index (κ1) is 13.9. The van der Waals surface area contributed by atoms with Crippen molar-refractivity contribution in [2.45, 2.75) is 0 Å². The molecule has 3 N–H and O–H groups in total. The molecule has 0 amide bonds. The maximum Gasteiger partial charge on any atom is 0.339 e. The smallest absolute Gasteiger partial charge is 0.339 e. The van der Waals surface area contributed by atoms with Gasteiger partial charge in [0.05, 0.1) is 4.47 Å². The van der Waals surface area contributed by atoms with Crippen molar-refractivity contribution in [2.75, 3.05) is 5.73 Å². The number of benzene rings is 2. The molecule has 0 saturated heterocycles. The molecule has 0 radical (unpaired) electrons. The first-order valence-corrected chi connectivity index (χ1v) is 6.81. The number of anilines is 1. The maximum atomic E-state index is 11.1. The SMILES string of the molecule is Nc1ccc(Oc2ccc(Br)cc2Br)c(C(=O)O)c1. The third kappa shape index (κ3) is 3.27. The molecule has 0 aliphatic carbocycles. The van der Waals surface area contributed by atoms with Crippen LogP contribution in [0.1, 0.15) is 10.4 Å². The first-order valence-electron chi connectivity index (χ1n) is 5.23. The molecule has 4 nitrogen and oxygen atoms in total. The van der Waals surface area contributed by atoms with E-state index in [2.05, 4.69) is 31.9 Å². The van der Waals surface area contributed by atoms with Gasteiger partial charge in [-0.3, -0.25) is 0 Å². The van der Waals surface area contributed by atoms with Gasteiger partial charge < -0.3 is 15.6 Å². The number of aromatic carboxylic acids is 1. The summed E-state index contributed by atoms with van der Waals surface area (Å²) in [7, 11) is 0. The molecule has 0 fully saturated rings. The Balaban J connectivity index is 2.40. The molecule has 2 aromatic carbocycles. The molecule has 6 heteroatoms. The maximum absolute atomic E-state index is 11.1. The molecule has 0 atom stereocenters. The Labute approximate surface area is 126 Å². The molecule has 0 heterocycles. The van der Waals surface area contributed by atoms with Gasteiger partial charge in [0.15, 0.2) is 0 Å². The Morgan fingerprint density at radius 3 is 2.42 bits per heavy atom. The number of carboxylic acids is 1. The summed E-state index contributed by atoms with van der Waals surface area (Å²) in [5, 5.41) is 9.13. The van der Waals surface area contributed by atoms with Gasteiger partial charge in [-0.1, -0.05) is 15.9 Å². The number of carbonyl (C=O) groups is 1. The second kappa shape index (κ2) is 5.63. The zero-order chi connectivity index (χ0) is 14.0. The van der Waals surface area contributed by atoms with E-state index in [1.165, 1.54) is 12.1 Å². The highest BCUT2D eigenvalue weighted by atomic mass is 79.9. The number of halogens is 2. The van der Waals surface area contributed by atoms with Crippen molar-refractivity contribution >= 4 is 43.5 Å². The van der Waals surface area contributed by atoms with Crippen LogP contribution in [0.4, 0.5) is 5.69 Å². The zero-order valence-electron chi connectivity index (χ0n) is 9.56. The van der Waals surface area contributed by atoms with Crippen LogP contribution in [0, 0.1) is 0 Å². The Kier molecular flexibility index (Phi) is 4.11. The molecule has 0 aliphatic rings. The van der Waals surface area contributed by atoms with Crippen LogP contribution in [0.3, 0.4) is 0 Å². The van der Waals surface area contributed by atoms with Gasteiger partial charge in [-0.25, -0.2) is 4.79 Å². The van der Waals surface area contributed by atoms with Crippen molar-refractivity contribution < 1.29 is 14.6 Å². The molecule has 2 aromatic rings. The third-order valence-corrected chi connectivity index (χ3v) is 3.46. The van der Waals surface area contributed by atoms with E-state index in [0.29, 0.717) is 11.4 Å². The van der Waals surface area contributed by atoms with Crippen LogP contribution in [0.15, 0.2) is 45.3 Å². The minimum atomic E-state index is -1.09. The lowest BCUT2D eigenvalue weighted by Crippen LogP contribution is -2.01. The number of carboxylic acid groups (broad SMARTS) is 1. The van der Waals surface area contributed by atoms with Crippen molar-refractivity contribution in [2.24, 2.45) is 0 Å². The van der Waals surface area contributed by atoms with E-state index in [0.717, 1.165) is 8.95 Å². The topological polar surface area (TPSA) is 72.5 Å². The molecular weight excluding hydrogens is 378 g/mol. The molecule has 0 unspecified atom stereocenters. The lowest BCUT2D eigenvalue weighted by Gasteiger charge is -2.11. The van der Waals surface area contributed by atoms with Gasteiger partial charge in [-0.15, -0.1) is 0 Å². The van der Waals surface area contributed by atoms with Crippen LogP contribution in [-0.4, -0.2) is 11.1 Å². The van der Waals surface area contributed by atoms with Crippen molar-refractivity contribution in [1.82, 2.24) is 0 Å². The van der Waals surface area contributed by atoms with Crippen molar-refractivity contribution in [1.29, 1.82) is 0 Å². The number of ether oxygens (including phenoxy) is 1. The number of rotatable bonds is 3. The Hall–Kier alpha value is -1.53. The largest absolute Gasteiger partial charge is 0.478 e. The van der Waals surface area contributed by atoms with Crippen LogP contribution in [-0.2, 0) is 0 Å². The molecule has 0 aliphatic heterocycles. The molecule has 0 aromatic heterocycles. The summed E-state index contributed by atoms with van der Waals surface area (Å²) in [4.78, 5) is 11.1. The molecule has 19 heavy (non-hydrogen) atoms. The van der Waals surface area contributed by atoms with Crippen LogP contribution in [0.5, 0.6) is 11.5 Å². The van der Waals surface area contributed by atoms with E-state index in [9.17, 15) is 4.79 Å². The molecule has 0 saturated carbocycles. The van der Waals surface area contributed by atoms with Gasteiger partial charge in [-0.2, -0.15) is 0 Å². The van der Waals surface area contributed by atoms with Gasteiger partial charge in [0.1, 0.15) is 17.1 Å². The second-order valence-corrected chi connectivity index (χ2v) is 5.51. The van der Waals surface area contributed by atoms with Crippen molar-refractivity contribution in [3.05, 3.63) is 50.9 Å². The summed E-state index contributed by atoms with van der Waals surface area (Å²) >= 11 is 6.69. The van der Waals surface area contributed by atoms with E-state index in [-0.39, 0.29) is 11.3 Å². The predicted octanol–water partition coefficient (Wildman–Crippen LogP) is 4.28. The minimum Gasteiger partial charge on any atom is -0.478 e. The molecule has 98 valence electrons. The van der Waals surface area contributed by atoms with E-state index < -0.39 is 5.97 Å². The van der Waals surface area contributed by atoms with Crippen LogP contribution in [0.2, 0.25) is 0 Å². The summed E-state index contributed by atoms with van der Waals surface area (Å²) in [6.45, 7) is 0. The summed E-state index contributed by atoms with van der Waals surface area (Å²) < 4.78 is 7.22. The number of hydrogen-bond donors (Lipinski definition) is 2. The van der Waals surface area contributed by atoms with E-state index in [4.69, 9.17) is 15.6 Å². The third-order valence-electron chi connectivity index (χ3n) is 2.35. The highest BCUT2D eigenvalue weighted by molar-refractivity contribution is 9.11. The average Bonchev–Trinajstić information content (AvgIpc) is 2.34. The van der Waals surface area contributed by atoms with Crippen molar-refractivity contribution in [3.63, 3.8) is 0 Å². The number of nitrogen functional groups attached to an aromatic ring is 1. The summed E-state index contributed by atoms with van der Waals surface area (Å²) in [5.41, 5.74) is 5.97. The summed E-state index contributed by atoms with van der Waals surface area (Å²) in [5.74, 6) is -0.323. The van der Waals surface area contributed by atoms with Crippen LogP contribution < -0.4 is 10.5 Å². The van der Waals surface area contributed by atoms with E-state index in [1.807, 2.05) is 6.07 Å². The average molecular weight is 387 g/mol. The first-order chi connectivity index (χ1) is 8.97. The highest BCUT2D eigenvalue weighted by Crippen LogP contribution is 2.34. The monoisotopic (exact) mass is 385 g/mol. The molecule has 0 spiro atoms. The quantitative estimate of drug-likeness (QED) is 0.772. The van der Waals surface area contributed by atoms with Gasteiger partial charge in [0.2, 0.25) is 0 Å². The van der Waals surface area contributed by atoms with Gasteiger partial charge >= 0.3 is 5.97 Å². The molecular formula is C13H9Br2NO3. The van der Waals surface area contributed by atoms with Crippen LogP contribution in [0.25, 0.3) is 0 Å². The van der Waals surface area contributed by atoms with E-state index >= 15 is 0 Å². The second-order valence-electron chi connectivity index (χ2n) is 3.74. The fourth-order valence-corrected chi connectivity index (χ4v) is 2.61. The highest BCUT2D eigenvalue weighted by Gasteiger charge is 2.13. The van der Waals surface area contributed by atoms with Crippen molar-refractivity contribution in [3.8, 4) is 11.5 Å². The predicted molar refractivity (Wildman–Crippen MR) is 79.7 cm³/mol. The fourth-order valence-electron chi connectivity index (χ4n) is 1.48. The number of nitrogens with two attached hydrogens (primary N) is 1. The Morgan fingerprint density at radius 1 is 1.11 bits per heavy atom. The Bertz CT molecular complexity index is 644. The molecule has 2 rings (SSSR count). The lowest BCUT2D eigenvalue weighted by atomic mass is 10.2. The van der Waals surface area contributed by atoms with Crippen LogP contribution >= 0.6 is 31.9 Å². The van der Waals surface area contributed by atoms with Gasteiger partial charge in [0, 0.05) is 10.2 Å². The van der Waals surface area contributed by atoms with Gasteiger partial charge in [-0.05, 0) is 52.3 Å². The summed E-state index contributed by atoms with van der Waals surface area (Å²) in [6, 6.07) is 9.84. The van der Waals surface area contributed by atoms with E-state index in [1.54, 1.807) is 18.2 Å². The standard InChI is InChI=1S/C13H9Br2NO3/c14-7-1-3-12(10(15)5-7)19-11-4-2-8(16)6-9(11)13(17)18/h1-6H,16H2,(H,17,18). The fraction of sp³-hybridized carbons (Fsp3) is 0. The zero-order valence-corrected chi connectivity index (χ0v) is 12.7.